The highest BCUT2D eigenvalue weighted by atomic mass is 32.2. The van der Waals surface area contributed by atoms with Crippen LogP contribution in [-0.2, 0) is 4.79 Å². The summed E-state index contributed by atoms with van der Waals surface area (Å²) in [4.78, 5) is 15.2. The van der Waals surface area contributed by atoms with E-state index in [1.54, 1.807) is 0 Å². The summed E-state index contributed by atoms with van der Waals surface area (Å²) in [6.07, 6.45) is 0.624. The van der Waals surface area contributed by atoms with Crippen LogP contribution in [0.2, 0.25) is 0 Å². The molecule has 0 radical (unpaired) electrons. The molecule has 18 heavy (non-hydrogen) atoms. The Balaban J connectivity index is 1.72. The lowest BCUT2D eigenvalue weighted by Crippen LogP contribution is -2.16. The van der Waals surface area contributed by atoms with E-state index in [4.69, 9.17) is 9.63 Å². The summed E-state index contributed by atoms with van der Waals surface area (Å²) in [6, 6.07) is 0. The Morgan fingerprint density at radius 2 is 2.22 bits per heavy atom. The van der Waals surface area contributed by atoms with Crippen LogP contribution in [0.1, 0.15) is 36.2 Å². The second kappa shape index (κ2) is 4.77. The summed E-state index contributed by atoms with van der Waals surface area (Å²) in [7, 11) is 0. The van der Waals surface area contributed by atoms with Crippen molar-refractivity contribution in [3.8, 4) is 0 Å². The fourth-order valence-electron chi connectivity index (χ4n) is 2.17. The first-order chi connectivity index (χ1) is 8.66. The number of carboxylic acids is 1. The summed E-state index contributed by atoms with van der Waals surface area (Å²) in [5.41, 5.74) is 0. The van der Waals surface area contributed by atoms with Crippen LogP contribution < -0.4 is 0 Å². The Morgan fingerprint density at radius 1 is 1.44 bits per heavy atom. The number of carboxylic acid groups (broad SMARTS) is 1. The van der Waals surface area contributed by atoms with E-state index in [0.29, 0.717) is 17.6 Å². The maximum absolute atomic E-state index is 10.8. The number of thioether (sulfide) groups is 2. The highest BCUT2D eigenvalue weighted by molar-refractivity contribution is 8.06. The zero-order valence-corrected chi connectivity index (χ0v) is 11.5. The molecule has 0 aromatic carbocycles. The molecule has 4 unspecified atom stereocenters. The van der Waals surface area contributed by atoms with Crippen LogP contribution in [0.15, 0.2) is 4.52 Å². The third-order valence-corrected chi connectivity index (χ3v) is 6.41. The van der Waals surface area contributed by atoms with E-state index in [0.717, 1.165) is 17.3 Å². The predicted molar refractivity (Wildman–Crippen MR) is 69.9 cm³/mol. The Morgan fingerprint density at radius 3 is 2.89 bits per heavy atom. The van der Waals surface area contributed by atoms with Crippen molar-refractivity contribution in [1.82, 2.24) is 10.1 Å². The molecule has 98 valence electrons. The number of nitrogens with zero attached hydrogens (tertiary/aromatic N) is 2. The molecule has 3 rings (SSSR count). The van der Waals surface area contributed by atoms with Gasteiger partial charge >= 0.3 is 5.97 Å². The average Bonchev–Trinajstić information content (AvgIpc) is 3.02. The minimum absolute atomic E-state index is 0.0692. The molecule has 2 heterocycles. The van der Waals surface area contributed by atoms with E-state index >= 15 is 0 Å². The number of carbonyl (C=O) groups is 1. The van der Waals surface area contributed by atoms with E-state index in [1.165, 1.54) is 0 Å². The van der Waals surface area contributed by atoms with E-state index < -0.39 is 5.97 Å². The Kier molecular flexibility index (Phi) is 3.27. The Labute approximate surface area is 113 Å². The SMILES string of the molecule is CC1SCCSC1c1noc(C2CC2C(=O)O)n1. The molecular weight excluding hydrogens is 272 g/mol. The Hall–Kier alpha value is -0.690. The van der Waals surface area contributed by atoms with E-state index in [9.17, 15) is 4.79 Å². The number of aromatic nitrogens is 2. The molecule has 1 saturated heterocycles. The normalized spacial score (nSPS) is 35.4. The minimum atomic E-state index is -0.768. The molecule has 5 nitrogen and oxygen atoms in total. The van der Waals surface area contributed by atoms with Crippen LogP contribution in [-0.4, -0.2) is 38.0 Å². The monoisotopic (exact) mass is 286 g/mol. The van der Waals surface area contributed by atoms with E-state index in [1.807, 2.05) is 23.5 Å². The molecular formula is C11H14N2O3S2. The highest BCUT2D eigenvalue weighted by Crippen LogP contribution is 2.48. The van der Waals surface area contributed by atoms with E-state index in [-0.39, 0.29) is 17.1 Å². The lowest BCUT2D eigenvalue weighted by atomic mass is 10.3. The molecule has 2 fully saturated rings. The lowest BCUT2D eigenvalue weighted by Gasteiger charge is -2.24. The predicted octanol–water partition coefficient (Wildman–Crippen LogP) is 2.17. The van der Waals surface area contributed by atoms with E-state index in [2.05, 4.69) is 17.1 Å². The van der Waals surface area contributed by atoms with Gasteiger partial charge in [-0.25, -0.2) is 0 Å². The van der Waals surface area contributed by atoms with Gasteiger partial charge in [-0.15, -0.1) is 11.8 Å². The third-order valence-electron chi connectivity index (χ3n) is 3.32. The molecule has 4 atom stereocenters. The second-order valence-electron chi connectivity index (χ2n) is 4.65. The number of rotatable bonds is 3. The van der Waals surface area contributed by atoms with Crippen molar-refractivity contribution >= 4 is 29.5 Å². The van der Waals surface area contributed by atoms with Crippen LogP contribution in [0.4, 0.5) is 0 Å². The first-order valence-electron chi connectivity index (χ1n) is 5.96. The molecule has 0 bridgehead atoms. The molecule has 0 spiro atoms. The summed E-state index contributed by atoms with van der Waals surface area (Å²) < 4.78 is 5.22. The van der Waals surface area contributed by atoms with Crippen molar-refractivity contribution in [3.63, 3.8) is 0 Å². The molecule has 1 N–H and O–H groups in total. The summed E-state index contributed by atoms with van der Waals surface area (Å²) in [6.45, 7) is 2.18. The van der Waals surface area contributed by atoms with Crippen molar-refractivity contribution in [2.24, 2.45) is 5.92 Å². The average molecular weight is 286 g/mol. The van der Waals surface area contributed by atoms with Crippen LogP contribution in [0.5, 0.6) is 0 Å². The molecule has 1 aromatic rings. The van der Waals surface area contributed by atoms with Gasteiger partial charge in [-0.2, -0.15) is 16.7 Å². The van der Waals surface area contributed by atoms with Gasteiger partial charge in [-0.3, -0.25) is 4.79 Å². The first kappa shape index (κ1) is 12.3. The van der Waals surface area contributed by atoms with Gasteiger partial charge in [-0.1, -0.05) is 12.1 Å². The zero-order valence-electron chi connectivity index (χ0n) is 9.91. The van der Waals surface area contributed by atoms with Gasteiger partial charge in [0.2, 0.25) is 5.89 Å². The molecule has 1 aliphatic carbocycles. The maximum atomic E-state index is 10.8. The maximum Gasteiger partial charge on any atom is 0.307 e. The first-order valence-corrected chi connectivity index (χ1v) is 8.06. The molecule has 1 aliphatic heterocycles. The largest absolute Gasteiger partial charge is 0.481 e. The Bertz CT molecular complexity index is 465. The van der Waals surface area contributed by atoms with Crippen LogP contribution in [0.25, 0.3) is 0 Å². The lowest BCUT2D eigenvalue weighted by molar-refractivity contribution is -0.138. The van der Waals surface area contributed by atoms with Gasteiger partial charge in [0, 0.05) is 16.8 Å². The molecule has 1 saturated carbocycles. The van der Waals surface area contributed by atoms with Crippen LogP contribution >= 0.6 is 23.5 Å². The van der Waals surface area contributed by atoms with Crippen molar-refractivity contribution in [1.29, 1.82) is 0 Å². The zero-order chi connectivity index (χ0) is 12.7. The van der Waals surface area contributed by atoms with Gasteiger partial charge in [0.15, 0.2) is 5.82 Å². The standard InChI is InChI=1S/C11H14N2O3S2/c1-5-8(18-3-2-17-5)9-12-10(16-13-9)6-4-7(6)11(14)15/h5-8H,2-4H2,1H3,(H,14,15). The number of hydrogen-bond acceptors (Lipinski definition) is 6. The fraction of sp³-hybridized carbons (Fsp3) is 0.727. The second-order valence-corrected chi connectivity index (χ2v) is 7.38. The van der Waals surface area contributed by atoms with Gasteiger partial charge in [0.25, 0.3) is 0 Å². The summed E-state index contributed by atoms with van der Waals surface area (Å²) in [5, 5.41) is 13.7. The highest BCUT2D eigenvalue weighted by Gasteiger charge is 2.48. The molecule has 0 amide bonds. The van der Waals surface area contributed by atoms with Gasteiger partial charge in [0.1, 0.15) is 0 Å². The topological polar surface area (TPSA) is 76.2 Å². The molecule has 2 aliphatic rings. The van der Waals surface area contributed by atoms with Crippen molar-refractivity contribution < 1.29 is 14.4 Å². The van der Waals surface area contributed by atoms with Gasteiger partial charge in [-0.05, 0) is 6.42 Å². The molecule has 7 heteroatoms. The molecule has 1 aromatic heterocycles. The summed E-state index contributed by atoms with van der Waals surface area (Å²) in [5.74, 6) is 2.33. The van der Waals surface area contributed by atoms with Crippen LogP contribution in [0, 0.1) is 5.92 Å². The smallest absolute Gasteiger partial charge is 0.307 e. The number of hydrogen-bond donors (Lipinski definition) is 1. The van der Waals surface area contributed by atoms with Crippen molar-refractivity contribution in [2.75, 3.05) is 11.5 Å². The van der Waals surface area contributed by atoms with Crippen molar-refractivity contribution in [3.05, 3.63) is 11.7 Å². The van der Waals surface area contributed by atoms with Gasteiger partial charge in [0.05, 0.1) is 17.1 Å². The summed E-state index contributed by atoms with van der Waals surface area (Å²) >= 11 is 3.78. The minimum Gasteiger partial charge on any atom is -0.481 e. The van der Waals surface area contributed by atoms with Gasteiger partial charge < -0.3 is 9.63 Å². The quantitative estimate of drug-likeness (QED) is 0.912. The van der Waals surface area contributed by atoms with Crippen molar-refractivity contribution in [2.45, 2.75) is 29.8 Å². The fourth-order valence-corrected chi connectivity index (χ4v) is 4.85. The third kappa shape index (κ3) is 2.25. The van der Waals surface area contributed by atoms with Crippen LogP contribution in [0.3, 0.4) is 0 Å². The number of aliphatic carboxylic acids is 1.